The number of nitrogens with one attached hydrogen (secondary N) is 1. The maximum atomic E-state index is 11.9. The molecule has 1 fully saturated rings. The maximum Gasteiger partial charge on any atom is 0.224 e. The number of carbonyl (C=O) groups is 2. The predicted molar refractivity (Wildman–Crippen MR) is 83.8 cm³/mol. The second kappa shape index (κ2) is 6.61. The van der Waals surface area contributed by atoms with Crippen LogP contribution in [0.3, 0.4) is 0 Å². The van der Waals surface area contributed by atoms with Gasteiger partial charge in [0, 0.05) is 37.3 Å². The smallest absolute Gasteiger partial charge is 0.224 e. The van der Waals surface area contributed by atoms with Crippen molar-refractivity contribution in [3.63, 3.8) is 0 Å². The summed E-state index contributed by atoms with van der Waals surface area (Å²) in [5, 5.41) is 2.87. The molecular weight excluding hydrogens is 266 g/mol. The Kier molecular flexibility index (Phi) is 4.83. The largest absolute Gasteiger partial charge is 0.398 e. The third-order valence-corrected chi connectivity index (χ3v) is 3.89. The molecule has 0 saturated carbocycles. The van der Waals surface area contributed by atoms with E-state index in [-0.39, 0.29) is 11.8 Å². The summed E-state index contributed by atoms with van der Waals surface area (Å²) in [6.45, 7) is 5.43. The lowest BCUT2D eigenvalue weighted by molar-refractivity contribution is -0.128. The fourth-order valence-corrected chi connectivity index (χ4v) is 2.62. The van der Waals surface area contributed by atoms with Gasteiger partial charge >= 0.3 is 0 Å². The standard InChI is InChI=1S/C16H23N3O2/c1-11-9-16(21)19(10-11)8-4-7-15(20)18-14-6-3-5-13(17)12(14)2/h3,5-6,11H,4,7-10,17H2,1-2H3,(H,18,20). The van der Waals surface area contributed by atoms with E-state index in [0.717, 1.165) is 17.8 Å². The van der Waals surface area contributed by atoms with E-state index >= 15 is 0 Å². The molecule has 1 aliphatic heterocycles. The normalized spacial score (nSPS) is 18.1. The molecule has 1 heterocycles. The Morgan fingerprint density at radius 3 is 2.90 bits per heavy atom. The molecule has 1 saturated heterocycles. The van der Waals surface area contributed by atoms with E-state index in [1.807, 2.05) is 30.0 Å². The summed E-state index contributed by atoms with van der Waals surface area (Å²) < 4.78 is 0. The monoisotopic (exact) mass is 289 g/mol. The van der Waals surface area contributed by atoms with Gasteiger partial charge in [-0.05, 0) is 37.0 Å². The highest BCUT2D eigenvalue weighted by Crippen LogP contribution is 2.21. The average Bonchev–Trinajstić information content (AvgIpc) is 2.73. The molecule has 21 heavy (non-hydrogen) atoms. The van der Waals surface area contributed by atoms with E-state index in [1.165, 1.54) is 0 Å². The van der Waals surface area contributed by atoms with Gasteiger partial charge in [-0.1, -0.05) is 13.0 Å². The quantitative estimate of drug-likeness (QED) is 0.816. The average molecular weight is 289 g/mol. The number of hydrogen-bond donors (Lipinski definition) is 2. The Hall–Kier alpha value is -2.04. The molecule has 5 heteroatoms. The van der Waals surface area contributed by atoms with Crippen molar-refractivity contribution in [3.8, 4) is 0 Å². The highest BCUT2D eigenvalue weighted by molar-refractivity contribution is 5.92. The fraction of sp³-hybridized carbons (Fsp3) is 0.500. The third-order valence-electron chi connectivity index (χ3n) is 3.89. The van der Waals surface area contributed by atoms with Crippen LogP contribution in [-0.4, -0.2) is 29.8 Å². The number of likely N-dealkylation sites (tertiary alicyclic amines) is 1. The third kappa shape index (κ3) is 3.97. The minimum atomic E-state index is -0.0385. The molecule has 0 spiro atoms. The number of benzene rings is 1. The Bertz CT molecular complexity index is 542. The molecule has 2 rings (SSSR count). The fourth-order valence-electron chi connectivity index (χ4n) is 2.62. The molecule has 0 aliphatic carbocycles. The molecule has 1 aliphatic rings. The first-order valence-corrected chi connectivity index (χ1v) is 7.40. The van der Waals surface area contributed by atoms with Crippen molar-refractivity contribution < 1.29 is 9.59 Å². The molecule has 1 atom stereocenters. The second-order valence-corrected chi connectivity index (χ2v) is 5.82. The van der Waals surface area contributed by atoms with Crippen LogP contribution in [0.5, 0.6) is 0 Å². The molecule has 0 radical (unpaired) electrons. The summed E-state index contributed by atoms with van der Waals surface area (Å²) in [6.07, 6.45) is 1.73. The molecule has 1 aromatic carbocycles. The van der Waals surface area contributed by atoms with Gasteiger partial charge < -0.3 is 16.0 Å². The first-order chi connectivity index (χ1) is 9.97. The SMILES string of the molecule is Cc1c(N)cccc1NC(=O)CCCN1CC(C)CC1=O. The van der Waals surface area contributed by atoms with Crippen molar-refractivity contribution in [3.05, 3.63) is 23.8 Å². The number of anilines is 2. The highest BCUT2D eigenvalue weighted by atomic mass is 16.2. The Labute approximate surface area is 125 Å². The Balaban J connectivity index is 1.78. The number of hydrogen-bond acceptors (Lipinski definition) is 3. The molecular formula is C16H23N3O2. The van der Waals surface area contributed by atoms with Crippen LogP contribution in [0.2, 0.25) is 0 Å². The van der Waals surface area contributed by atoms with Gasteiger partial charge in [-0.25, -0.2) is 0 Å². The maximum absolute atomic E-state index is 11.9. The molecule has 1 aromatic rings. The highest BCUT2D eigenvalue weighted by Gasteiger charge is 2.25. The molecule has 0 bridgehead atoms. The van der Waals surface area contributed by atoms with Crippen LogP contribution in [0.15, 0.2) is 18.2 Å². The zero-order valence-corrected chi connectivity index (χ0v) is 12.7. The van der Waals surface area contributed by atoms with Crippen molar-refractivity contribution >= 4 is 23.2 Å². The Morgan fingerprint density at radius 2 is 2.24 bits per heavy atom. The first-order valence-electron chi connectivity index (χ1n) is 7.40. The second-order valence-electron chi connectivity index (χ2n) is 5.82. The van der Waals surface area contributed by atoms with Gasteiger partial charge in [0.25, 0.3) is 0 Å². The van der Waals surface area contributed by atoms with Crippen LogP contribution in [0.25, 0.3) is 0 Å². The van der Waals surface area contributed by atoms with Crippen LogP contribution in [0, 0.1) is 12.8 Å². The lowest BCUT2D eigenvalue weighted by atomic mass is 10.1. The van der Waals surface area contributed by atoms with E-state index in [9.17, 15) is 9.59 Å². The lowest BCUT2D eigenvalue weighted by Crippen LogP contribution is -2.27. The van der Waals surface area contributed by atoms with E-state index in [0.29, 0.717) is 37.4 Å². The van der Waals surface area contributed by atoms with Crippen LogP contribution in [0.1, 0.15) is 31.7 Å². The van der Waals surface area contributed by atoms with Gasteiger partial charge in [0.1, 0.15) is 0 Å². The Morgan fingerprint density at radius 1 is 1.48 bits per heavy atom. The number of nitrogens with two attached hydrogens (primary N) is 1. The van der Waals surface area contributed by atoms with E-state index in [2.05, 4.69) is 12.2 Å². The van der Waals surface area contributed by atoms with Crippen molar-refractivity contribution in [1.82, 2.24) is 4.90 Å². The van der Waals surface area contributed by atoms with E-state index < -0.39 is 0 Å². The molecule has 114 valence electrons. The van der Waals surface area contributed by atoms with Gasteiger partial charge in [0.2, 0.25) is 11.8 Å². The number of carbonyl (C=O) groups excluding carboxylic acids is 2. The van der Waals surface area contributed by atoms with Crippen LogP contribution in [0.4, 0.5) is 11.4 Å². The number of rotatable bonds is 5. The zero-order chi connectivity index (χ0) is 15.4. The first kappa shape index (κ1) is 15.4. The minimum absolute atomic E-state index is 0.0385. The molecule has 1 unspecified atom stereocenters. The van der Waals surface area contributed by atoms with Gasteiger partial charge in [-0.3, -0.25) is 9.59 Å². The van der Waals surface area contributed by atoms with Crippen molar-refractivity contribution in [2.24, 2.45) is 5.92 Å². The molecule has 3 N–H and O–H groups in total. The van der Waals surface area contributed by atoms with Crippen molar-refractivity contribution in [1.29, 1.82) is 0 Å². The summed E-state index contributed by atoms with van der Waals surface area (Å²) >= 11 is 0. The molecule has 0 aromatic heterocycles. The van der Waals surface area contributed by atoms with Crippen molar-refractivity contribution in [2.45, 2.75) is 33.1 Å². The zero-order valence-electron chi connectivity index (χ0n) is 12.7. The summed E-state index contributed by atoms with van der Waals surface area (Å²) in [7, 11) is 0. The molecule has 2 amide bonds. The van der Waals surface area contributed by atoms with Gasteiger partial charge in [0.05, 0.1) is 0 Å². The number of nitrogens with zero attached hydrogens (tertiary/aromatic N) is 1. The van der Waals surface area contributed by atoms with Crippen LogP contribution in [-0.2, 0) is 9.59 Å². The topological polar surface area (TPSA) is 75.4 Å². The van der Waals surface area contributed by atoms with Gasteiger partial charge in [-0.15, -0.1) is 0 Å². The number of amides is 2. The summed E-state index contributed by atoms with van der Waals surface area (Å²) in [6, 6.07) is 5.47. The predicted octanol–water partition coefficient (Wildman–Crippen LogP) is 2.16. The van der Waals surface area contributed by atoms with Gasteiger partial charge in [-0.2, -0.15) is 0 Å². The minimum Gasteiger partial charge on any atom is -0.398 e. The summed E-state index contributed by atoms with van der Waals surface area (Å²) in [5.74, 6) is 0.597. The van der Waals surface area contributed by atoms with E-state index in [1.54, 1.807) is 0 Å². The van der Waals surface area contributed by atoms with Crippen LogP contribution >= 0.6 is 0 Å². The lowest BCUT2D eigenvalue weighted by Gasteiger charge is -2.16. The van der Waals surface area contributed by atoms with Crippen LogP contribution < -0.4 is 11.1 Å². The summed E-state index contributed by atoms with van der Waals surface area (Å²) in [5.41, 5.74) is 8.12. The number of nitrogen functional groups attached to an aromatic ring is 1. The van der Waals surface area contributed by atoms with Crippen molar-refractivity contribution in [2.75, 3.05) is 24.1 Å². The van der Waals surface area contributed by atoms with E-state index in [4.69, 9.17) is 5.73 Å². The summed E-state index contributed by atoms with van der Waals surface area (Å²) in [4.78, 5) is 25.4. The molecule has 5 nitrogen and oxygen atoms in total. The van der Waals surface area contributed by atoms with Gasteiger partial charge in [0.15, 0.2) is 0 Å².